The fraction of sp³-hybridized carbons (Fsp3) is 0.364. The van der Waals surface area contributed by atoms with E-state index >= 15 is 0 Å². The maximum atomic E-state index is 11.5. The van der Waals surface area contributed by atoms with Gasteiger partial charge in [-0.1, -0.05) is 29.8 Å². The van der Waals surface area contributed by atoms with Gasteiger partial charge in [-0.2, -0.15) is 0 Å². The molecular weight excluding hydrogens is 228 g/mol. The topological polar surface area (TPSA) is 61.4 Å². The van der Waals surface area contributed by atoms with Crippen LogP contribution in [0.15, 0.2) is 24.3 Å². The summed E-state index contributed by atoms with van der Waals surface area (Å²) in [6.07, 6.45) is 0. The monoisotopic (exact) mass is 242 g/mol. The van der Waals surface area contributed by atoms with E-state index in [0.717, 1.165) is 5.56 Å². The molecule has 0 aliphatic carbocycles. The normalized spacial score (nSPS) is 12.2. The van der Waals surface area contributed by atoms with Gasteiger partial charge in [0.25, 0.3) is 0 Å². The quantitative estimate of drug-likeness (QED) is 0.706. The van der Waals surface area contributed by atoms with Crippen molar-refractivity contribution in [2.24, 2.45) is 0 Å². The molecular formula is C11H15ClN2O2. The molecule has 0 aromatic heterocycles. The smallest absolute Gasteiger partial charge is 0.239 e. The molecule has 88 valence electrons. The van der Waals surface area contributed by atoms with Crippen LogP contribution in [0.5, 0.6) is 0 Å². The summed E-state index contributed by atoms with van der Waals surface area (Å²) < 4.78 is 0. The van der Waals surface area contributed by atoms with Gasteiger partial charge >= 0.3 is 0 Å². The van der Waals surface area contributed by atoms with Crippen molar-refractivity contribution in [1.82, 2.24) is 10.6 Å². The lowest BCUT2D eigenvalue weighted by Crippen LogP contribution is -2.44. The molecule has 1 unspecified atom stereocenters. The van der Waals surface area contributed by atoms with E-state index in [1.165, 1.54) is 0 Å². The average Bonchev–Trinajstić information content (AvgIpc) is 2.29. The number of hydrogen-bond acceptors (Lipinski definition) is 3. The Hall–Kier alpha value is -1.10. The van der Waals surface area contributed by atoms with Gasteiger partial charge in [-0.15, -0.1) is 0 Å². The first kappa shape index (κ1) is 13.0. The molecule has 1 aromatic carbocycles. The second kappa shape index (κ2) is 6.48. The minimum atomic E-state index is -0.581. The van der Waals surface area contributed by atoms with Gasteiger partial charge in [0.05, 0.1) is 6.61 Å². The SMILES string of the molecule is CNC(CO)C(=O)NCc1ccccc1Cl. The first-order chi connectivity index (χ1) is 7.69. The molecule has 0 saturated heterocycles. The summed E-state index contributed by atoms with van der Waals surface area (Å²) in [4.78, 5) is 11.5. The molecule has 0 saturated carbocycles. The molecule has 0 radical (unpaired) electrons. The van der Waals surface area contributed by atoms with Crippen molar-refractivity contribution in [2.75, 3.05) is 13.7 Å². The first-order valence-corrected chi connectivity index (χ1v) is 5.36. The second-order valence-corrected chi connectivity index (χ2v) is 3.74. The number of carbonyl (C=O) groups is 1. The molecule has 0 heterocycles. The summed E-state index contributed by atoms with van der Waals surface area (Å²) in [5, 5.41) is 14.9. The van der Waals surface area contributed by atoms with Crippen LogP contribution in [0.1, 0.15) is 5.56 Å². The maximum absolute atomic E-state index is 11.5. The Kier molecular flexibility index (Phi) is 5.25. The van der Waals surface area contributed by atoms with Crippen molar-refractivity contribution in [1.29, 1.82) is 0 Å². The zero-order valence-corrected chi connectivity index (χ0v) is 9.79. The summed E-state index contributed by atoms with van der Waals surface area (Å²) in [7, 11) is 1.62. The number of aliphatic hydroxyl groups is 1. The zero-order valence-electron chi connectivity index (χ0n) is 9.03. The Morgan fingerprint density at radius 3 is 2.75 bits per heavy atom. The molecule has 1 atom stereocenters. The molecule has 16 heavy (non-hydrogen) atoms. The Balaban J connectivity index is 2.52. The number of nitrogens with one attached hydrogen (secondary N) is 2. The van der Waals surface area contributed by atoms with Crippen LogP contribution in [0.2, 0.25) is 5.02 Å². The van der Waals surface area contributed by atoms with E-state index in [-0.39, 0.29) is 12.5 Å². The second-order valence-electron chi connectivity index (χ2n) is 3.33. The third-order valence-corrected chi connectivity index (χ3v) is 2.63. The van der Waals surface area contributed by atoms with E-state index in [0.29, 0.717) is 11.6 Å². The predicted octanol–water partition coefficient (Wildman–Crippen LogP) is 0.537. The average molecular weight is 243 g/mol. The van der Waals surface area contributed by atoms with E-state index in [1.807, 2.05) is 18.2 Å². The Morgan fingerprint density at radius 2 is 2.19 bits per heavy atom. The minimum absolute atomic E-state index is 0.231. The predicted molar refractivity (Wildman–Crippen MR) is 63.2 cm³/mol. The summed E-state index contributed by atoms with van der Waals surface area (Å²) in [6, 6.07) is 6.72. The maximum Gasteiger partial charge on any atom is 0.239 e. The molecule has 1 rings (SSSR count). The fourth-order valence-corrected chi connectivity index (χ4v) is 1.46. The van der Waals surface area contributed by atoms with Gasteiger partial charge in [0.2, 0.25) is 5.91 Å². The summed E-state index contributed by atoms with van der Waals surface area (Å²) in [5.41, 5.74) is 0.852. The summed E-state index contributed by atoms with van der Waals surface area (Å²) in [6.45, 7) is 0.127. The first-order valence-electron chi connectivity index (χ1n) is 4.98. The number of amides is 1. The number of rotatable bonds is 5. The highest BCUT2D eigenvalue weighted by molar-refractivity contribution is 6.31. The van der Waals surface area contributed by atoms with Crippen LogP contribution in [-0.4, -0.2) is 30.7 Å². The number of likely N-dealkylation sites (N-methyl/N-ethyl adjacent to an activating group) is 1. The van der Waals surface area contributed by atoms with Crippen LogP contribution < -0.4 is 10.6 Å². The zero-order chi connectivity index (χ0) is 12.0. The van der Waals surface area contributed by atoms with Crippen molar-refractivity contribution in [3.63, 3.8) is 0 Å². The van der Waals surface area contributed by atoms with Gasteiger partial charge in [0.15, 0.2) is 0 Å². The van der Waals surface area contributed by atoms with Crippen molar-refractivity contribution < 1.29 is 9.90 Å². The number of aliphatic hydroxyl groups excluding tert-OH is 1. The van der Waals surface area contributed by atoms with Crippen LogP contribution in [0.3, 0.4) is 0 Å². The van der Waals surface area contributed by atoms with Crippen LogP contribution in [-0.2, 0) is 11.3 Å². The molecule has 3 N–H and O–H groups in total. The molecule has 1 aromatic rings. The molecule has 4 nitrogen and oxygen atoms in total. The van der Waals surface area contributed by atoms with Crippen molar-refractivity contribution in [2.45, 2.75) is 12.6 Å². The van der Waals surface area contributed by atoms with E-state index in [1.54, 1.807) is 13.1 Å². The highest BCUT2D eigenvalue weighted by Gasteiger charge is 2.14. The van der Waals surface area contributed by atoms with E-state index in [4.69, 9.17) is 16.7 Å². The molecule has 5 heteroatoms. The summed E-state index contributed by atoms with van der Waals surface area (Å²) in [5.74, 6) is -0.245. The Labute approximate surface area is 99.6 Å². The third-order valence-electron chi connectivity index (χ3n) is 2.26. The van der Waals surface area contributed by atoms with Gasteiger partial charge in [-0.05, 0) is 18.7 Å². The number of carbonyl (C=O) groups excluding carboxylic acids is 1. The van der Waals surface area contributed by atoms with Crippen molar-refractivity contribution >= 4 is 17.5 Å². The molecule has 0 aliphatic heterocycles. The van der Waals surface area contributed by atoms with Gasteiger partial charge in [0, 0.05) is 11.6 Å². The van der Waals surface area contributed by atoms with E-state index in [2.05, 4.69) is 10.6 Å². The third kappa shape index (κ3) is 3.48. The summed E-state index contributed by atoms with van der Waals surface area (Å²) >= 11 is 5.94. The lowest BCUT2D eigenvalue weighted by molar-refractivity contribution is -0.124. The van der Waals surface area contributed by atoms with Crippen molar-refractivity contribution in [3.8, 4) is 0 Å². The molecule has 0 fully saturated rings. The largest absolute Gasteiger partial charge is 0.394 e. The number of halogens is 1. The highest BCUT2D eigenvalue weighted by Crippen LogP contribution is 2.14. The Morgan fingerprint density at radius 1 is 1.50 bits per heavy atom. The lowest BCUT2D eigenvalue weighted by Gasteiger charge is -2.13. The fourth-order valence-electron chi connectivity index (χ4n) is 1.25. The minimum Gasteiger partial charge on any atom is -0.394 e. The van der Waals surface area contributed by atoms with Gasteiger partial charge in [-0.25, -0.2) is 0 Å². The van der Waals surface area contributed by atoms with E-state index < -0.39 is 6.04 Å². The molecule has 0 spiro atoms. The van der Waals surface area contributed by atoms with Crippen LogP contribution in [0, 0.1) is 0 Å². The van der Waals surface area contributed by atoms with Gasteiger partial charge in [0.1, 0.15) is 6.04 Å². The standard InChI is InChI=1S/C11H15ClN2O2/c1-13-10(7-15)11(16)14-6-8-4-2-3-5-9(8)12/h2-5,10,13,15H,6-7H2,1H3,(H,14,16). The molecule has 1 amide bonds. The molecule has 0 bridgehead atoms. The van der Waals surface area contributed by atoms with Crippen LogP contribution in [0.25, 0.3) is 0 Å². The molecule has 0 aliphatic rings. The van der Waals surface area contributed by atoms with E-state index in [9.17, 15) is 4.79 Å². The van der Waals surface area contributed by atoms with Gasteiger partial charge in [-0.3, -0.25) is 4.79 Å². The Bertz CT molecular complexity index is 354. The van der Waals surface area contributed by atoms with Crippen LogP contribution >= 0.6 is 11.6 Å². The lowest BCUT2D eigenvalue weighted by atomic mass is 10.2. The highest BCUT2D eigenvalue weighted by atomic mass is 35.5. The van der Waals surface area contributed by atoms with Crippen molar-refractivity contribution in [3.05, 3.63) is 34.9 Å². The number of benzene rings is 1. The van der Waals surface area contributed by atoms with Crippen LogP contribution in [0.4, 0.5) is 0 Å². The van der Waals surface area contributed by atoms with Gasteiger partial charge < -0.3 is 15.7 Å². The number of hydrogen-bond donors (Lipinski definition) is 3.